The number of benzene rings is 2. The number of aromatic nitrogens is 4. The molecule has 106 valence electrons. The molecule has 0 aliphatic rings. The lowest BCUT2D eigenvalue weighted by Crippen LogP contribution is -2.01. The van der Waals surface area contributed by atoms with Crippen LogP contribution in [0.3, 0.4) is 0 Å². The molecular formula is C16H17N5. The summed E-state index contributed by atoms with van der Waals surface area (Å²) >= 11 is 0. The maximum Gasteiger partial charge on any atom is 0.187 e. The monoisotopic (exact) mass is 279 g/mol. The molecule has 0 aliphatic carbocycles. The van der Waals surface area contributed by atoms with Crippen LogP contribution in [0.25, 0.3) is 17.1 Å². The lowest BCUT2D eigenvalue weighted by molar-refractivity contribution is 0.790. The van der Waals surface area contributed by atoms with Crippen molar-refractivity contribution in [3.63, 3.8) is 0 Å². The van der Waals surface area contributed by atoms with Crippen LogP contribution in [-0.2, 0) is 6.42 Å². The summed E-state index contributed by atoms with van der Waals surface area (Å²) in [4.78, 5) is 0. The highest BCUT2D eigenvalue weighted by Crippen LogP contribution is 2.25. The van der Waals surface area contributed by atoms with Gasteiger partial charge in [0.2, 0.25) is 0 Å². The Morgan fingerprint density at radius 2 is 1.86 bits per heavy atom. The molecule has 2 N–H and O–H groups in total. The SMILES string of the molecule is CCc1ccc(-n2nnnc2-c2cc(N)ccc2C)cc1. The largest absolute Gasteiger partial charge is 0.399 e. The number of rotatable bonds is 3. The van der Waals surface area contributed by atoms with E-state index >= 15 is 0 Å². The van der Waals surface area contributed by atoms with Crippen molar-refractivity contribution in [3.05, 3.63) is 53.6 Å². The standard InChI is InChI=1S/C16H17N5/c1-3-12-5-8-14(9-6-12)21-16(18-19-20-21)15-10-13(17)7-4-11(15)2/h4-10H,3,17H2,1-2H3. The molecule has 1 heterocycles. The Morgan fingerprint density at radius 1 is 1.10 bits per heavy atom. The molecule has 3 aromatic rings. The average Bonchev–Trinajstić information content (AvgIpc) is 2.99. The van der Waals surface area contributed by atoms with Gasteiger partial charge in [-0.1, -0.05) is 25.1 Å². The van der Waals surface area contributed by atoms with E-state index in [2.05, 4.69) is 34.6 Å². The number of aryl methyl sites for hydroxylation is 2. The van der Waals surface area contributed by atoms with Crippen molar-refractivity contribution in [1.29, 1.82) is 0 Å². The smallest absolute Gasteiger partial charge is 0.187 e. The number of hydrogen-bond donors (Lipinski definition) is 1. The highest BCUT2D eigenvalue weighted by Gasteiger charge is 2.13. The molecule has 0 radical (unpaired) electrons. The predicted octanol–water partition coefficient (Wildman–Crippen LogP) is 2.78. The molecule has 0 bridgehead atoms. The molecule has 0 atom stereocenters. The van der Waals surface area contributed by atoms with Crippen LogP contribution < -0.4 is 5.73 Å². The zero-order chi connectivity index (χ0) is 14.8. The fourth-order valence-corrected chi connectivity index (χ4v) is 2.28. The summed E-state index contributed by atoms with van der Waals surface area (Å²) in [5, 5.41) is 12.1. The van der Waals surface area contributed by atoms with Gasteiger partial charge in [0.1, 0.15) is 0 Å². The summed E-state index contributed by atoms with van der Waals surface area (Å²) < 4.78 is 1.74. The van der Waals surface area contributed by atoms with Gasteiger partial charge < -0.3 is 5.73 Å². The van der Waals surface area contributed by atoms with Crippen LogP contribution in [0.15, 0.2) is 42.5 Å². The molecule has 3 rings (SSSR count). The van der Waals surface area contributed by atoms with Crippen LogP contribution in [0.2, 0.25) is 0 Å². The Kier molecular flexibility index (Phi) is 3.39. The summed E-state index contributed by atoms with van der Waals surface area (Å²) in [6.45, 7) is 4.15. The Bertz CT molecular complexity index is 759. The van der Waals surface area contributed by atoms with Crippen molar-refractivity contribution in [1.82, 2.24) is 20.2 Å². The molecule has 0 fully saturated rings. The minimum Gasteiger partial charge on any atom is -0.399 e. The zero-order valence-corrected chi connectivity index (χ0v) is 12.1. The second-order valence-corrected chi connectivity index (χ2v) is 5.01. The number of nitrogens with two attached hydrogens (primary N) is 1. The van der Waals surface area contributed by atoms with E-state index in [1.807, 2.05) is 37.3 Å². The van der Waals surface area contributed by atoms with Gasteiger partial charge in [0.05, 0.1) is 5.69 Å². The van der Waals surface area contributed by atoms with Crippen molar-refractivity contribution in [2.75, 3.05) is 5.73 Å². The summed E-state index contributed by atoms with van der Waals surface area (Å²) in [6, 6.07) is 14.0. The van der Waals surface area contributed by atoms with Crippen molar-refractivity contribution in [3.8, 4) is 17.1 Å². The quantitative estimate of drug-likeness (QED) is 0.748. The molecule has 1 aromatic heterocycles. The first-order chi connectivity index (χ1) is 10.2. The van der Waals surface area contributed by atoms with Crippen LogP contribution in [0, 0.1) is 6.92 Å². The van der Waals surface area contributed by atoms with Gasteiger partial charge in [0.25, 0.3) is 0 Å². The van der Waals surface area contributed by atoms with Crippen molar-refractivity contribution >= 4 is 5.69 Å². The maximum absolute atomic E-state index is 5.88. The summed E-state index contributed by atoms with van der Waals surface area (Å²) in [6.07, 6.45) is 1.01. The third-order valence-corrected chi connectivity index (χ3v) is 3.56. The average molecular weight is 279 g/mol. The molecule has 0 aliphatic heterocycles. The van der Waals surface area contributed by atoms with Crippen LogP contribution in [0.4, 0.5) is 5.69 Å². The topological polar surface area (TPSA) is 69.6 Å². The normalized spacial score (nSPS) is 10.8. The van der Waals surface area contributed by atoms with E-state index < -0.39 is 0 Å². The number of hydrogen-bond acceptors (Lipinski definition) is 4. The van der Waals surface area contributed by atoms with Crippen molar-refractivity contribution in [2.24, 2.45) is 0 Å². The molecule has 0 saturated heterocycles. The molecular weight excluding hydrogens is 262 g/mol. The van der Waals surface area contributed by atoms with Gasteiger partial charge >= 0.3 is 0 Å². The number of tetrazole rings is 1. The van der Waals surface area contributed by atoms with Gasteiger partial charge in [-0.25, -0.2) is 0 Å². The molecule has 21 heavy (non-hydrogen) atoms. The first-order valence-corrected chi connectivity index (χ1v) is 6.93. The summed E-state index contributed by atoms with van der Waals surface area (Å²) in [7, 11) is 0. The third-order valence-electron chi connectivity index (χ3n) is 3.56. The highest BCUT2D eigenvalue weighted by molar-refractivity contribution is 5.66. The summed E-state index contributed by atoms with van der Waals surface area (Å²) in [5.41, 5.74) is 10.8. The molecule has 0 unspecified atom stereocenters. The van der Waals surface area contributed by atoms with Crippen molar-refractivity contribution < 1.29 is 0 Å². The Balaban J connectivity index is 2.10. The molecule has 5 heteroatoms. The first-order valence-electron chi connectivity index (χ1n) is 6.93. The van der Waals surface area contributed by atoms with Crippen LogP contribution >= 0.6 is 0 Å². The van der Waals surface area contributed by atoms with E-state index in [-0.39, 0.29) is 0 Å². The van der Waals surface area contributed by atoms with Crippen molar-refractivity contribution in [2.45, 2.75) is 20.3 Å². The third kappa shape index (κ3) is 2.50. The zero-order valence-electron chi connectivity index (χ0n) is 12.1. The van der Waals surface area contributed by atoms with Gasteiger partial charge in [0.15, 0.2) is 5.82 Å². The summed E-state index contributed by atoms with van der Waals surface area (Å²) in [5.74, 6) is 0.698. The maximum atomic E-state index is 5.88. The second kappa shape index (κ2) is 5.36. The number of anilines is 1. The van der Waals surface area contributed by atoms with E-state index in [1.54, 1.807) is 4.68 Å². The fourth-order valence-electron chi connectivity index (χ4n) is 2.28. The Hall–Kier alpha value is -2.69. The van der Waals surface area contributed by atoms with Gasteiger partial charge in [0, 0.05) is 11.3 Å². The van der Waals surface area contributed by atoms with E-state index in [4.69, 9.17) is 5.73 Å². The van der Waals surface area contributed by atoms with E-state index in [9.17, 15) is 0 Å². The van der Waals surface area contributed by atoms with Gasteiger partial charge in [-0.3, -0.25) is 0 Å². The Morgan fingerprint density at radius 3 is 2.57 bits per heavy atom. The fraction of sp³-hybridized carbons (Fsp3) is 0.188. The van der Waals surface area contributed by atoms with Crippen LogP contribution in [-0.4, -0.2) is 20.2 Å². The highest BCUT2D eigenvalue weighted by atomic mass is 15.5. The van der Waals surface area contributed by atoms with Crippen LogP contribution in [0.1, 0.15) is 18.1 Å². The van der Waals surface area contributed by atoms with E-state index in [1.165, 1.54) is 5.56 Å². The van der Waals surface area contributed by atoms with Gasteiger partial charge in [-0.2, -0.15) is 4.68 Å². The first kappa shape index (κ1) is 13.3. The Labute approximate surface area is 123 Å². The van der Waals surface area contributed by atoms with E-state index in [0.29, 0.717) is 11.5 Å². The minimum atomic E-state index is 0.698. The molecule has 0 saturated carbocycles. The minimum absolute atomic E-state index is 0.698. The molecule has 0 amide bonds. The lowest BCUT2D eigenvalue weighted by Gasteiger charge is -2.08. The van der Waals surface area contributed by atoms with E-state index in [0.717, 1.165) is 23.2 Å². The molecule has 0 spiro atoms. The predicted molar refractivity (Wildman–Crippen MR) is 83.1 cm³/mol. The van der Waals surface area contributed by atoms with Gasteiger partial charge in [-0.15, -0.1) is 5.10 Å². The van der Waals surface area contributed by atoms with Crippen LogP contribution in [0.5, 0.6) is 0 Å². The second-order valence-electron chi connectivity index (χ2n) is 5.01. The lowest BCUT2D eigenvalue weighted by atomic mass is 10.1. The number of nitrogens with zero attached hydrogens (tertiary/aromatic N) is 4. The number of nitrogen functional groups attached to an aromatic ring is 1. The molecule has 2 aromatic carbocycles. The molecule has 5 nitrogen and oxygen atoms in total. The van der Waals surface area contributed by atoms with Gasteiger partial charge in [-0.05, 0) is 59.2 Å².